The molecule has 120 valence electrons. The fraction of sp³-hybridized carbons (Fsp3) is 0.789. The first kappa shape index (κ1) is 13.8. The molecule has 2 saturated heterocycles. The van der Waals surface area contributed by atoms with E-state index in [2.05, 4.69) is 28.0 Å². The Labute approximate surface area is 134 Å². The van der Waals surface area contributed by atoms with Gasteiger partial charge in [0.2, 0.25) is 0 Å². The Morgan fingerprint density at radius 1 is 1.23 bits per heavy atom. The zero-order valence-electron chi connectivity index (χ0n) is 13.5. The molecule has 0 amide bonds. The van der Waals surface area contributed by atoms with Gasteiger partial charge in [-0.15, -0.1) is 0 Å². The number of rotatable bonds is 4. The molecule has 4 fully saturated rings. The second-order valence-corrected chi connectivity index (χ2v) is 8.16. The number of hydrogen-bond acceptors (Lipinski definition) is 3. The molecule has 5 aliphatic rings. The van der Waals surface area contributed by atoms with Crippen LogP contribution < -0.4 is 0 Å². The lowest BCUT2D eigenvalue weighted by Gasteiger charge is -2.34. The van der Waals surface area contributed by atoms with E-state index >= 15 is 0 Å². The van der Waals surface area contributed by atoms with Gasteiger partial charge in [-0.05, 0) is 43.1 Å². The van der Waals surface area contributed by atoms with Gasteiger partial charge in [-0.1, -0.05) is 18.2 Å². The summed E-state index contributed by atoms with van der Waals surface area (Å²) in [5, 5.41) is 0. The Kier molecular flexibility index (Phi) is 3.25. The van der Waals surface area contributed by atoms with Crippen molar-refractivity contribution >= 4 is 0 Å². The van der Waals surface area contributed by atoms with Gasteiger partial charge in [0.1, 0.15) is 0 Å². The monoisotopic (exact) mass is 300 g/mol. The van der Waals surface area contributed by atoms with Crippen molar-refractivity contribution in [3.63, 3.8) is 0 Å². The first-order valence-corrected chi connectivity index (χ1v) is 9.26. The molecule has 0 aromatic carbocycles. The summed E-state index contributed by atoms with van der Waals surface area (Å²) in [5.41, 5.74) is 2.22. The van der Waals surface area contributed by atoms with Gasteiger partial charge in [-0.25, -0.2) is 0 Å². The molecular weight excluding hydrogens is 272 g/mol. The van der Waals surface area contributed by atoms with Gasteiger partial charge < -0.3 is 9.64 Å². The molecule has 0 N–H and O–H groups in total. The fourth-order valence-corrected chi connectivity index (χ4v) is 5.00. The third kappa shape index (κ3) is 2.38. The van der Waals surface area contributed by atoms with Crippen molar-refractivity contribution < 1.29 is 4.74 Å². The van der Waals surface area contributed by atoms with Crippen LogP contribution in [0.5, 0.6) is 0 Å². The second kappa shape index (κ2) is 5.19. The number of likely N-dealkylation sites (tertiary alicyclic amines) is 1. The normalized spacial score (nSPS) is 42.3. The van der Waals surface area contributed by atoms with E-state index in [1.165, 1.54) is 45.3 Å². The van der Waals surface area contributed by atoms with Gasteiger partial charge in [0, 0.05) is 44.2 Å². The Bertz CT molecular complexity index is 504. The van der Waals surface area contributed by atoms with Gasteiger partial charge in [0.05, 0.1) is 13.2 Å². The first-order chi connectivity index (χ1) is 10.8. The summed E-state index contributed by atoms with van der Waals surface area (Å²) >= 11 is 0. The highest BCUT2D eigenvalue weighted by Crippen LogP contribution is 2.63. The van der Waals surface area contributed by atoms with Crippen LogP contribution in [0.4, 0.5) is 0 Å². The average molecular weight is 300 g/mol. The molecule has 0 bridgehead atoms. The van der Waals surface area contributed by atoms with Crippen LogP contribution in [0.1, 0.15) is 25.7 Å². The molecule has 3 nitrogen and oxygen atoms in total. The molecule has 3 heteroatoms. The predicted molar refractivity (Wildman–Crippen MR) is 87.7 cm³/mol. The van der Waals surface area contributed by atoms with E-state index in [1.807, 2.05) is 0 Å². The van der Waals surface area contributed by atoms with E-state index in [9.17, 15) is 0 Å². The van der Waals surface area contributed by atoms with Crippen molar-refractivity contribution in [1.29, 1.82) is 0 Å². The van der Waals surface area contributed by atoms with Crippen LogP contribution in [0.2, 0.25) is 0 Å². The quantitative estimate of drug-likeness (QED) is 0.792. The van der Waals surface area contributed by atoms with E-state index < -0.39 is 0 Å². The van der Waals surface area contributed by atoms with Gasteiger partial charge in [0.25, 0.3) is 0 Å². The van der Waals surface area contributed by atoms with Gasteiger partial charge in [-0.3, -0.25) is 4.90 Å². The molecule has 3 aliphatic carbocycles. The highest BCUT2D eigenvalue weighted by atomic mass is 16.5. The molecule has 1 unspecified atom stereocenters. The summed E-state index contributed by atoms with van der Waals surface area (Å²) in [6, 6.07) is 0.616. The summed E-state index contributed by atoms with van der Waals surface area (Å²) in [4.78, 5) is 5.35. The molecule has 2 aliphatic heterocycles. The fourth-order valence-electron chi connectivity index (χ4n) is 5.00. The van der Waals surface area contributed by atoms with Crippen molar-refractivity contribution in [2.45, 2.75) is 31.7 Å². The number of morpholine rings is 1. The Morgan fingerprint density at radius 2 is 2.09 bits per heavy atom. The van der Waals surface area contributed by atoms with Crippen LogP contribution in [-0.2, 0) is 4.74 Å². The minimum absolute atomic E-state index is 0.557. The Hall–Kier alpha value is -0.640. The molecular formula is C19H28N2O. The lowest BCUT2D eigenvalue weighted by molar-refractivity contribution is 0.0258. The molecule has 0 radical (unpaired) electrons. The van der Waals surface area contributed by atoms with E-state index in [0.717, 1.165) is 38.1 Å². The van der Waals surface area contributed by atoms with E-state index in [0.29, 0.717) is 11.5 Å². The van der Waals surface area contributed by atoms with Gasteiger partial charge in [0.15, 0.2) is 0 Å². The Morgan fingerprint density at radius 3 is 2.82 bits per heavy atom. The standard InChI is InChI=1S/C19H28N2O/c1-2-15(1)12-20-13-17-11-19(17,14-20)16-3-5-18(6-4-16)21-7-9-22-10-8-21/h3-5,15,17-18H,1-2,6-14H2/t17-,18?,19+/m1/s1. The van der Waals surface area contributed by atoms with Crippen LogP contribution >= 0.6 is 0 Å². The molecule has 22 heavy (non-hydrogen) atoms. The number of nitrogens with zero attached hydrogens (tertiary/aromatic N) is 2. The maximum atomic E-state index is 5.48. The third-order valence-corrected chi connectivity index (χ3v) is 6.60. The first-order valence-electron chi connectivity index (χ1n) is 9.26. The minimum Gasteiger partial charge on any atom is -0.379 e. The second-order valence-electron chi connectivity index (χ2n) is 8.16. The van der Waals surface area contributed by atoms with Crippen molar-refractivity contribution in [1.82, 2.24) is 9.80 Å². The van der Waals surface area contributed by atoms with Crippen molar-refractivity contribution in [3.8, 4) is 0 Å². The molecule has 3 atom stereocenters. The van der Waals surface area contributed by atoms with E-state index in [-0.39, 0.29) is 0 Å². The maximum Gasteiger partial charge on any atom is 0.0594 e. The van der Waals surface area contributed by atoms with Crippen molar-refractivity contribution in [3.05, 3.63) is 23.8 Å². The lowest BCUT2D eigenvalue weighted by atomic mass is 9.88. The molecule has 5 rings (SSSR count). The average Bonchev–Trinajstić information content (AvgIpc) is 3.48. The molecule has 2 heterocycles. The highest BCUT2D eigenvalue weighted by Gasteiger charge is 2.61. The van der Waals surface area contributed by atoms with Crippen molar-refractivity contribution in [2.24, 2.45) is 17.3 Å². The molecule has 0 spiro atoms. The van der Waals surface area contributed by atoms with Crippen LogP contribution in [-0.4, -0.2) is 61.8 Å². The summed E-state index contributed by atoms with van der Waals surface area (Å²) in [7, 11) is 0. The van der Waals surface area contributed by atoms with E-state index in [1.54, 1.807) is 5.57 Å². The van der Waals surface area contributed by atoms with Gasteiger partial charge in [-0.2, -0.15) is 0 Å². The van der Waals surface area contributed by atoms with Crippen molar-refractivity contribution in [2.75, 3.05) is 45.9 Å². The largest absolute Gasteiger partial charge is 0.379 e. The third-order valence-electron chi connectivity index (χ3n) is 6.60. The summed E-state index contributed by atoms with van der Waals surface area (Å²) in [5.74, 6) is 2.00. The zero-order valence-corrected chi connectivity index (χ0v) is 13.5. The Balaban J connectivity index is 1.22. The maximum absolute atomic E-state index is 5.48. The zero-order chi connectivity index (χ0) is 14.6. The minimum atomic E-state index is 0.557. The number of ether oxygens (including phenoxy) is 1. The topological polar surface area (TPSA) is 15.7 Å². The lowest BCUT2D eigenvalue weighted by Crippen LogP contribution is -2.43. The van der Waals surface area contributed by atoms with Crippen LogP contribution in [0.3, 0.4) is 0 Å². The van der Waals surface area contributed by atoms with Crippen LogP contribution in [0.15, 0.2) is 23.8 Å². The SMILES string of the molecule is C1=CC(N2CCOCC2)CC=C1[C@@]12C[C@@H]1CN(CC1CC1)C2. The van der Waals surface area contributed by atoms with Crippen LogP contribution in [0.25, 0.3) is 0 Å². The molecule has 2 saturated carbocycles. The van der Waals surface area contributed by atoms with E-state index in [4.69, 9.17) is 4.74 Å². The molecule has 0 aromatic heterocycles. The number of fused-ring (bicyclic) bond motifs is 1. The summed E-state index contributed by atoms with van der Waals surface area (Å²) < 4.78 is 5.48. The van der Waals surface area contributed by atoms with Gasteiger partial charge >= 0.3 is 0 Å². The number of hydrogen-bond donors (Lipinski definition) is 0. The number of allylic oxidation sites excluding steroid dienone is 1. The summed E-state index contributed by atoms with van der Waals surface area (Å²) in [6.07, 6.45) is 13.2. The predicted octanol–water partition coefficient (Wildman–Crippen LogP) is 2.31. The van der Waals surface area contributed by atoms with Crippen LogP contribution in [0, 0.1) is 17.3 Å². The molecule has 0 aromatic rings. The highest BCUT2D eigenvalue weighted by molar-refractivity contribution is 5.40. The smallest absolute Gasteiger partial charge is 0.0594 e. The summed E-state index contributed by atoms with van der Waals surface area (Å²) in [6.45, 7) is 8.10. The number of piperidine rings is 1.